The number of nitriles is 1. The maximum absolute atomic E-state index is 13.5. The van der Waals surface area contributed by atoms with Gasteiger partial charge in [-0.25, -0.2) is 4.79 Å². The first-order valence-electron chi connectivity index (χ1n) is 11.6. The zero-order valence-corrected chi connectivity index (χ0v) is 22.2. The van der Waals surface area contributed by atoms with Gasteiger partial charge in [0.15, 0.2) is 0 Å². The van der Waals surface area contributed by atoms with Gasteiger partial charge in [-0.1, -0.05) is 29.3 Å². The van der Waals surface area contributed by atoms with Crippen LogP contribution in [0.3, 0.4) is 0 Å². The van der Waals surface area contributed by atoms with Crippen molar-refractivity contribution in [1.82, 2.24) is 9.38 Å². The topological polar surface area (TPSA) is 123 Å². The molecule has 196 valence electrons. The van der Waals surface area contributed by atoms with Crippen LogP contribution < -0.4 is 15.6 Å². The van der Waals surface area contributed by atoms with E-state index in [4.69, 9.17) is 32.7 Å². The molecule has 9 nitrogen and oxygen atoms in total. The summed E-state index contributed by atoms with van der Waals surface area (Å²) in [5.41, 5.74) is 0.549. The van der Waals surface area contributed by atoms with Crippen LogP contribution in [0.1, 0.15) is 28.4 Å². The average molecular weight is 563 g/mol. The van der Waals surface area contributed by atoms with Crippen LogP contribution in [0.5, 0.6) is 11.6 Å². The Morgan fingerprint density at radius 3 is 2.56 bits per heavy atom. The molecule has 0 saturated heterocycles. The molecule has 0 aliphatic rings. The molecule has 0 fully saturated rings. The summed E-state index contributed by atoms with van der Waals surface area (Å²) in [5, 5.41) is 12.9. The van der Waals surface area contributed by atoms with E-state index in [9.17, 15) is 19.6 Å². The van der Waals surface area contributed by atoms with Crippen LogP contribution in [0, 0.1) is 18.3 Å². The summed E-state index contributed by atoms with van der Waals surface area (Å²) in [5.74, 6) is -1.27. The molecule has 0 spiro atoms. The predicted molar refractivity (Wildman–Crippen MR) is 147 cm³/mol. The predicted octanol–water partition coefficient (Wildman–Crippen LogP) is 5.82. The van der Waals surface area contributed by atoms with Crippen molar-refractivity contribution in [2.24, 2.45) is 0 Å². The van der Waals surface area contributed by atoms with Gasteiger partial charge in [0.2, 0.25) is 5.88 Å². The Labute approximate surface area is 232 Å². The lowest BCUT2D eigenvalue weighted by molar-refractivity contribution is -0.112. The molecule has 0 saturated carbocycles. The molecule has 0 aliphatic carbocycles. The number of aryl methyl sites for hydroxylation is 1. The Hall–Kier alpha value is -4.65. The number of hydrogen-bond donors (Lipinski definition) is 1. The van der Waals surface area contributed by atoms with E-state index in [1.165, 1.54) is 47.0 Å². The second-order valence-electron chi connectivity index (χ2n) is 8.12. The van der Waals surface area contributed by atoms with Gasteiger partial charge in [0.1, 0.15) is 28.6 Å². The molecule has 2 aromatic heterocycles. The fourth-order valence-corrected chi connectivity index (χ4v) is 4.00. The van der Waals surface area contributed by atoms with Crippen LogP contribution in [-0.4, -0.2) is 27.9 Å². The molecule has 0 bridgehead atoms. The smallest absolute Gasteiger partial charge is 0.338 e. The molecule has 39 heavy (non-hydrogen) atoms. The maximum atomic E-state index is 13.5. The number of nitrogens with zero attached hydrogens (tertiary/aromatic N) is 3. The van der Waals surface area contributed by atoms with E-state index in [-0.39, 0.29) is 34.4 Å². The van der Waals surface area contributed by atoms with Crippen molar-refractivity contribution in [1.29, 1.82) is 5.26 Å². The fraction of sp³-hybridized carbons (Fsp3) is 0.107. The van der Waals surface area contributed by atoms with Crippen molar-refractivity contribution >= 4 is 52.5 Å². The Kier molecular flexibility index (Phi) is 8.30. The molecule has 0 radical (unpaired) electrons. The Morgan fingerprint density at radius 1 is 1.15 bits per heavy atom. The number of nitrogens with one attached hydrogen (secondary N) is 1. The van der Waals surface area contributed by atoms with Crippen LogP contribution in [0.15, 0.2) is 71.2 Å². The lowest BCUT2D eigenvalue weighted by Gasteiger charge is -2.12. The van der Waals surface area contributed by atoms with Gasteiger partial charge >= 0.3 is 5.97 Å². The van der Waals surface area contributed by atoms with Crippen LogP contribution in [-0.2, 0) is 9.53 Å². The van der Waals surface area contributed by atoms with Gasteiger partial charge < -0.3 is 14.8 Å². The molecule has 0 aliphatic heterocycles. The van der Waals surface area contributed by atoms with Gasteiger partial charge in [-0.2, -0.15) is 10.2 Å². The Balaban J connectivity index is 1.74. The lowest BCUT2D eigenvalue weighted by Crippen LogP contribution is -2.20. The quantitative estimate of drug-likeness (QED) is 0.171. The first-order valence-corrected chi connectivity index (χ1v) is 12.3. The zero-order chi connectivity index (χ0) is 28.1. The number of anilines is 1. The second-order valence-corrected chi connectivity index (χ2v) is 8.96. The molecule has 4 aromatic rings. The summed E-state index contributed by atoms with van der Waals surface area (Å²) >= 11 is 12.2. The van der Waals surface area contributed by atoms with Crippen LogP contribution in [0.4, 0.5) is 5.69 Å². The van der Waals surface area contributed by atoms with E-state index in [0.717, 1.165) is 6.08 Å². The molecular formula is C28H20Cl2N4O5. The third kappa shape index (κ3) is 6.09. The first-order chi connectivity index (χ1) is 18.7. The van der Waals surface area contributed by atoms with Gasteiger partial charge in [0.25, 0.3) is 11.5 Å². The van der Waals surface area contributed by atoms with Crippen molar-refractivity contribution in [2.75, 3.05) is 11.9 Å². The number of benzene rings is 2. The maximum Gasteiger partial charge on any atom is 0.338 e. The molecule has 1 N–H and O–H groups in total. The second kappa shape index (κ2) is 11.8. The lowest BCUT2D eigenvalue weighted by atomic mass is 10.1. The van der Waals surface area contributed by atoms with Crippen LogP contribution in [0.25, 0.3) is 11.7 Å². The fourth-order valence-electron chi connectivity index (χ4n) is 3.55. The van der Waals surface area contributed by atoms with Gasteiger partial charge in [-0.05, 0) is 74.0 Å². The van der Waals surface area contributed by atoms with Gasteiger partial charge in [-0.15, -0.1) is 0 Å². The molecule has 11 heteroatoms. The number of carbonyl (C=O) groups is 2. The number of hydrogen-bond acceptors (Lipinski definition) is 7. The molecule has 1 amide bonds. The summed E-state index contributed by atoms with van der Waals surface area (Å²) < 4.78 is 12.1. The number of rotatable bonds is 7. The number of ether oxygens (including phenoxy) is 2. The van der Waals surface area contributed by atoms with E-state index in [2.05, 4.69) is 10.3 Å². The largest absolute Gasteiger partial charge is 0.462 e. The highest BCUT2D eigenvalue weighted by atomic mass is 35.5. The number of amides is 1. The monoisotopic (exact) mass is 562 g/mol. The summed E-state index contributed by atoms with van der Waals surface area (Å²) in [6.45, 7) is 3.70. The highest BCUT2D eigenvalue weighted by Crippen LogP contribution is 2.32. The molecule has 2 aromatic carbocycles. The SMILES string of the molecule is CCOC(=O)c1ccc(NC(=O)/C(C#N)=C\c2c(Oc3ccc(Cl)cc3Cl)nc3c(C)cccn3c2=O)cc1. The van der Waals surface area contributed by atoms with E-state index < -0.39 is 17.4 Å². The standard InChI is InChI=1S/C28H20Cl2N4O5/c1-3-38-28(37)17-6-9-20(10-7-17)32-25(35)18(15-31)13-21-26(39-23-11-8-19(29)14-22(23)30)33-24-16(2)5-4-12-34(24)27(21)36/h4-14H,3H2,1-2H3,(H,32,35)/b18-13-. The van der Waals surface area contributed by atoms with E-state index in [0.29, 0.717) is 27.5 Å². The van der Waals surface area contributed by atoms with Crippen molar-refractivity contribution in [3.05, 3.63) is 103 Å². The van der Waals surface area contributed by atoms with Crippen molar-refractivity contribution < 1.29 is 19.1 Å². The third-order valence-corrected chi connectivity index (χ3v) is 5.99. The average Bonchev–Trinajstić information content (AvgIpc) is 2.91. The van der Waals surface area contributed by atoms with Gasteiger partial charge in [-0.3, -0.25) is 14.0 Å². The summed E-state index contributed by atoms with van der Waals surface area (Å²) in [6, 6.07) is 15.7. The molecule has 0 unspecified atom stereocenters. The summed E-state index contributed by atoms with van der Waals surface area (Å²) in [6.07, 6.45) is 2.62. The minimum Gasteiger partial charge on any atom is -0.462 e. The number of fused-ring (bicyclic) bond motifs is 1. The number of halogens is 2. The van der Waals surface area contributed by atoms with Crippen molar-refractivity contribution in [3.63, 3.8) is 0 Å². The first kappa shape index (κ1) is 27.4. The number of aromatic nitrogens is 2. The highest BCUT2D eigenvalue weighted by Gasteiger charge is 2.19. The van der Waals surface area contributed by atoms with Gasteiger partial charge in [0.05, 0.1) is 17.2 Å². The highest BCUT2D eigenvalue weighted by molar-refractivity contribution is 6.35. The normalized spacial score (nSPS) is 11.1. The molecule has 4 rings (SSSR count). The van der Waals surface area contributed by atoms with Crippen molar-refractivity contribution in [3.8, 4) is 17.7 Å². The van der Waals surface area contributed by atoms with E-state index in [1.54, 1.807) is 32.0 Å². The van der Waals surface area contributed by atoms with Gasteiger partial charge in [0, 0.05) is 16.9 Å². The Morgan fingerprint density at radius 2 is 1.90 bits per heavy atom. The summed E-state index contributed by atoms with van der Waals surface area (Å²) in [4.78, 5) is 42.8. The van der Waals surface area contributed by atoms with Crippen molar-refractivity contribution in [2.45, 2.75) is 13.8 Å². The third-order valence-electron chi connectivity index (χ3n) is 5.46. The zero-order valence-electron chi connectivity index (χ0n) is 20.7. The molecular weight excluding hydrogens is 543 g/mol. The number of esters is 1. The number of carbonyl (C=O) groups excluding carboxylic acids is 2. The molecule has 2 heterocycles. The van der Waals surface area contributed by atoms with Crippen LogP contribution >= 0.6 is 23.2 Å². The Bertz CT molecular complexity index is 1720. The summed E-state index contributed by atoms with van der Waals surface area (Å²) in [7, 11) is 0. The van der Waals surface area contributed by atoms with E-state index >= 15 is 0 Å². The minimum atomic E-state index is -0.786. The number of pyridine rings is 1. The molecule has 0 atom stereocenters. The van der Waals surface area contributed by atoms with E-state index in [1.807, 2.05) is 6.07 Å². The minimum absolute atomic E-state index is 0.145. The van der Waals surface area contributed by atoms with Crippen LogP contribution in [0.2, 0.25) is 10.0 Å².